The van der Waals surface area contributed by atoms with Crippen molar-refractivity contribution in [1.82, 2.24) is 0 Å². The first-order chi connectivity index (χ1) is 8.06. The van der Waals surface area contributed by atoms with Crippen molar-refractivity contribution in [2.24, 2.45) is 0 Å². The summed E-state index contributed by atoms with van der Waals surface area (Å²) in [6, 6.07) is 0. The van der Waals surface area contributed by atoms with Gasteiger partial charge in [0.05, 0.1) is 6.61 Å². The molecule has 0 aromatic rings. The largest absolute Gasteiger partial charge is 0.344 e. The molecule has 17 heavy (non-hydrogen) atoms. The number of hydrogen-bond donors (Lipinski definition) is 2. The normalized spacial score (nSPS) is 12.0. The third kappa shape index (κ3) is 15.9. The van der Waals surface area contributed by atoms with Gasteiger partial charge in [0, 0.05) is 6.92 Å². The van der Waals surface area contributed by atoms with E-state index in [-0.39, 0.29) is 0 Å². The van der Waals surface area contributed by atoms with Gasteiger partial charge in [0.1, 0.15) is 0 Å². The molecule has 0 radical (unpaired) electrons. The molecule has 0 rings (SSSR count). The Bertz CT molecular complexity index is 152. The summed E-state index contributed by atoms with van der Waals surface area (Å²) in [5, 5.41) is 17.8. The maximum atomic E-state index is 8.89. The fraction of sp³-hybridized carbons (Fsp3) is 1.00. The van der Waals surface area contributed by atoms with Gasteiger partial charge >= 0.3 is 0 Å². The Hall–Kier alpha value is -0.120. The Morgan fingerprint density at radius 3 is 1.59 bits per heavy atom. The van der Waals surface area contributed by atoms with E-state index in [4.69, 9.17) is 14.9 Å². The van der Waals surface area contributed by atoms with E-state index >= 15 is 0 Å². The van der Waals surface area contributed by atoms with Gasteiger partial charge in [0.2, 0.25) is 0 Å². The minimum atomic E-state index is -1.96. The zero-order chi connectivity index (χ0) is 13.0. The highest BCUT2D eigenvalue weighted by molar-refractivity contribution is 4.47. The Balaban J connectivity index is 2.99. The van der Waals surface area contributed by atoms with Gasteiger partial charge in [-0.1, -0.05) is 64.7 Å². The third-order valence-electron chi connectivity index (χ3n) is 2.87. The monoisotopic (exact) mass is 246 g/mol. The lowest BCUT2D eigenvalue weighted by Crippen LogP contribution is -2.27. The maximum Gasteiger partial charge on any atom is 0.274 e. The number of rotatable bonds is 12. The molecule has 104 valence electrons. The van der Waals surface area contributed by atoms with Crippen molar-refractivity contribution in [2.75, 3.05) is 6.61 Å². The Morgan fingerprint density at radius 1 is 0.765 bits per heavy atom. The van der Waals surface area contributed by atoms with Crippen LogP contribution in [0.2, 0.25) is 0 Å². The van der Waals surface area contributed by atoms with Crippen molar-refractivity contribution in [1.29, 1.82) is 0 Å². The van der Waals surface area contributed by atoms with Crippen LogP contribution in [-0.2, 0) is 4.74 Å². The quantitative estimate of drug-likeness (QED) is 0.409. The fourth-order valence-electron chi connectivity index (χ4n) is 1.86. The second-order valence-electron chi connectivity index (χ2n) is 4.96. The Morgan fingerprint density at radius 2 is 1.18 bits per heavy atom. The Kier molecular flexibility index (Phi) is 10.9. The summed E-state index contributed by atoms with van der Waals surface area (Å²) in [6.45, 7) is 3.91. The molecular formula is C14H30O3. The zero-order valence-corrected chi connectivity index (χ0v) is 11.6. The molecule has 0 aliphatic rings. The van der Waals surface area contributed by atoms with Crippen molar-refractivity contribution in [3.63, 3.8) is 0 Å². The van der Waals surface area contributed by atoms with E-state index in [0.29, 0.717) is 6.61 Å². The highest BCUT2D eigenvalue weighted by Crippen LogP contribution is 2.11. The van der Waals surface area contributed by atoms with Crippen LogP contribution in [0, 0.1) is 0 Å². The summed E-state index contributed by atoms with van der Waals surface area (Å²) < 4.78 is 4.81. The highest BCUT2D eigenvalue weighted by Gasteiger charge is 2.13. The molecule has 3 heteroatoms. The summed E-state index contributed by atoms with van der Waals surface area (Å²) in [7, 11) is 0. The number of hydrogen-bond acceptors (Lipinski definition) is 3. The molecule has 0 fully saturated rings. The van der Waals surface area contributed by atoms with Crippen LogP contribution in [0.5, 0.6) is 0 Å². The van der Waals surface area contributed by atoms with Crippen molar-refractivity contribution < 1.29 is 14.9 Å². The molecule has 3 nitrogen and oxygen atoms in total. The summed E-state index contributed by atoms with van der Waals surface area (Å²) in [5.74, 6) is -1.96. The van der Waals surface area contributed by atoms with E-state index in [9.17, 15) is 0 Å². The zero-order valence-electron chi connectivity index (χ0n) is 11.6. The average molecular weight is 246 g/mol. The molecule has 0 spiro atoms. The molecule has 0 aliphatic heterocycles. The smallest absolute Gasteiger partial charge is 0.274 e. The SMILES string of the molecule is CCCCCCCCCCCCOC(C)(O)O. The lowest BCUT2D eigenvalue weighted by molar-refractivity contribution is -0.325. The molecular weight excluding hydrogens is 216 g/mol. The summed E-state index contributed by atoms with van der Waals surface area (Å²) >= 11 is 0. The third-order valence-corrected chi connectivity index (χ3v) is 2.87. The molecule has 0 aromatic heterocycles. The van der Waals surface area contributed by atoms with Crippen LogP contribution in [0.3, 0.4) is 0 Å². The van der Waals surface area contributed by atoms with Crippen LogP contribution in [-0.4, -0.2) is 22.8 Å². The van der Waals surface area contributed by atoms with Crippen molar-refractivity contribution in [2.45, 2.75) is 84.0 Å². The first kappa shape index (κ1) is 16.9. The summed E-state index contributed by atoms with van der Waals surface area (Å²) in [4.78, 5) is 0. The molecule has 0 unspecified atom stereocenters. The van der Waals surface area contributed by atoms with Crippen LogP contribution in [0.1, 0.15) is 78.1 Å². The van der Waals surface area contributed by atoms with Crippen molar-refractivity contribution in [3.8, 4) is 0 Å². The van der Waals surface area contributed by atoms with Gasteiger partial charge in [0.25, 0.3) is 5.97 Å². The van der Waals surface area contributed by atoms with Crippen molar-refractivity contribution in [3.05, 3.63) is 0 Å². The lowest BCUT2D eigenvalue weighted by Gasteiger charge is -2.15. The molecule has 0 saturated carbocycles. The fourth-order valence-corrected chi connectivity index (χ4v) is 1.86. The number of unbranched alkanes of at least 4 members (excludes halogenated alkanes) is 9. The van der Waals surface area contributed by atoms with E-state index < -0.39 is 5.97 Å². The topological polar surface area (TPSA) is 49.7 Å². The van der Waals surface area contributed by atoms with Gasteiger partial charge in [-0.05, 0) is 6.42 Å². The minimum Gasteiger partial charge on any atom is -0.344 e. The minimum absolute atomic E-state index is 0.431. The average Bonchev–Trinajstić information content (AvgIpc) is 2.24. The van der Waals surface area contributed by atoms with E-state index in [0.717, 1.165) is 12.8 Å². The first-order valence-electron chi connectivity index (χ1n) is 7.15. The molecule has 0 atom stereocenters. The van der Waals surface area contributed by atoms with Gasteiger partial charge in [0.15, 0.2) is 0 Å². The number of aliphatic hydroxyl groups is 2. The molecule has 2 N–H and O–H groups in total. The molecule has 0 heterocycles. The van der Waals surface area contributed by atoms with Gasteiger partial charge in [-0.15, -0.1) is 0 Å². The van der Waals surface area contributed by atoms with Gasteiger partial charge in [-0.25, -0.2) is 0 Å². The van der Waals surface area contributed by atoms with Crippen LogP contribution in [0.4, 0.5) is 0 Å². The van der Waals surface area contributed by atoms with Crippen LogP contribution >= 0.6 is 0 Å². The second kappa shape index (κ2) is 11.0. The van der Waals surface area contributed by atoms with E-state index in [1.807, 2.05) is 0 Å². The summed E-state index contributed by atoms with van der Waals surface area (Å²) in [5.41, 5.74) is 0. The predicted octanol–water partition coefficient (Wildman–Crippen LogP) is 3.58. The van der Waals surface area contributed by atoms with Crippen LogP contribution in [0.15, 0.2) is 0 Å². The van der Waals surface area contributed by atoms with Gasteiger partial charge < -0.3 is 14.9 Å². The molecule has 0 amide bonds. The maximum absolute atomic E-state index is 8.89. The van der Waals surface area contributed by atoms with Crippen molar-refractivity contribution >= 4 is 0 Å². The van der Waals surface area contributed by atoms with Crippen LogP contribution < -0.4 is 0 Å². The van der Waals surface area contributed by atoms with E-state index in [2.05, 4.69) is 6.92 Å². The molecule has 0 saturated heterocycles. The van der Waals surface area contributed by atoms with E-state index in [1.165, 1.54) is 58.3 Å². The van der Waals surface area contributed by atoms with Gasteiger partial charge in [-0.3, -0.25) is 0 Å². The number of ether oxygens (including phenoxy) is 1. The standard InChI is InChI=1S/C14H30O3/c1-3-4-5-6-7-8-9-10-11-12-13-17-14(2,15)16/h15-16H,3-13H2,1-2H3. The summed E-state index contributed by atoms with van der Waals surface area (Å²) in [6.07, 6.45) is 12.7. The van der Waals surface area contributed by atoms with Crippen LogP contribution in [0.25, 0.3) is 0 Å². The second-order valence-corrected chi connectivity index (χ2v) is 4.96. The predicted molar refractivity (Wildman–Crippen MR) is 70.6 cm³/mol. The highest BCUT2D eigenvalue weighted by atomic mass is 16.8. The lowest BCUT2D eigenvalue weighted by atomic mass is 10.1. The first-order valence-corrected chi connectivity index (χ1v) is 7.15. The molecule has 0 aliphatic carbocycles. The molecule has 0 bridgehead atoms. The van der Waals surface area contributed by atoms with Gasteiger partial charge in [-0.2, -0.15) is 0 Å². The van der Waals surface area contributed by atoms with E-state index in [1.54, 1.807) is 0 Å². The Labute approximate surface area is 106 Å². The molecule has 0 aromatic carbocycles.